The Morgan fingerprint density at radius 1 is 0.960 bits per heavy atom. The molecule has 3 rings (SSSR count). The Morgan fingerprint density at radius 3 is 2.40 bits per heavy atom. The van der Waals surface area contributed by atoms with Crippen molar-refractivity contribution in [2.75, 3.05) is 0 Å². The van der Waals surface area contributed by atoms with E-state index in [1.165, 1.54) is 24.0 Å². The van der Waals surface area contributed by atoms with E-state index >= 15 is 0 Å². The SMILES string of the molecule is CC(C)CCc1ccc2oc(-c3[c]cccc3)nc2c1CCC(C)C. The lowest BCUT2D eigenvalue weighted by molar-refractivity contribution is 0.572. The maximum atomic E-state index is 6.04. The van der Waals surface area contributed by atoms with Crippen LogP contribution in [0.2, 0.25) is 0 Å². The number of benzene rings is 2. The zero-order valence-electron chi connectivity index (χ0n) is 15.8. The molecule has 131 valence electrons. The molecular formula is C23H28NO. The van der Waals surface area contributed by atoms with E-state index in [1.807, 2.05) is 24.3 Å². The first-order chi connectivity index (χ1) is 12.0. The zero-order chi connectivity index (χ0) is 17.8. The highest BCUT2D eigenvalue weighted by atomic mass is 16.3. The van der Waals surface area contributed by atoms with Gasteiger partial charge in [0.15, 0.2) is 5.58 Å². The van der Waals surface area contributed by atoms with E-state index in [-0.39, 0.29) is 0 Å². The summed E-state index contributed by atoms with van der Waals surface area (Å²) in [7, 11) is 0. The fraction of sp³-hybridized carbons (Fsp3) is 0.435. The molecule has 1 aromatic heterocycles. The summed E-state index contributed by atoms with van der Waals surface area (Å²) in [5.41, 5.74) is 5.64. The number of fused-ring (bicyclic) bond motifs is 1. The molecule has 3 aromatic rings. The standard InChI is InChI=1S/C23H28NO/c1-16(2)10-12-18-13-15-21-22(20(18)14-11-17(3)4)24-23(25-21)19-8-6-5-7-9-19/h5-8,13,15-17H,10-12,14H2,1-4H3. The Kier molecular flexibility index (Phi) is 5.57. The van der Waals surface area contributed by atoms with Crippen LogP contribution in [0.3, 0.4) is 0 Å². The van der Waals surface area contributed by atoms with E-state index in [0.717, 1.165) is 29.5 Å². The van der Waals surface area contributed by atoms with Gasteiger partial charge in [-0.2, -0.15) is 0 Å². The molecule has 0 aliphatic heterocycles. The van der Waals surface area contributed by atoms with Crippen molar-refractivity contribution in [2.24, 2.45) is 11.8 Å². The molecule has 1 heterocycles. The monoisotopic (exact) mass is 334 g/mol. The molecule has 2 heteroatoms. The highest BCUT2D eigenvalue weighted by molar-refractivity contribution is 5.81. The predicted molar refractivity (Wildman–Crippen MR) is 105 cm³/mol. The van der Waals surface area contributed by atoms with Gasteiger partial charge in [-0.25, -0.2) is 4.98 Å². The van der Waals surface area contributed by atoms with Crippen LogP contribution < -0.4 is 0 Å². The molecule has 25 heavy (non-hydrogen) atoms. The second-order valence-corrected chi connectivity index (χ2v) is 7.71. The zero-order valence-corrected chi connectivity index (χ0v) is 15.8. The van der Waals surface area contributed by atoms with Crippen LogP contribution >= 0.6 is 0 Å². The number of hydrogen-bond donors (Lipinski definition) is 0. The summed E-state index contributed by atoms with van der Waals surface area (Å²) in [5, 5.41) is 0. The van der Waals surface area contributed by atoms with E-state index < -0.39 is 0 Å². The van der Waals surface area contributed by atoms with Crippen molar-refractivity contribution in [2.45, 2.75) is 53.4 Å². The van der Waals surface area contributed by atoms with E-state index in [0.29, 0.717) is 17.7 Å². The van der Waals surface area contributed by atoms with Gasteiger partial charge in [0, 0.05) is 5.56 Å². The van der Waals surface area contributed by atoms with Crippen molar-refractivity contribution in [1.29, 1.82) is 0 Å². The molecule has 0 saturated heterocycles. The molecule has 0 fully saturated rings. The van der Waals surface area contributed by atoms with E-state index in [9.17, 15) is 0 Å². The minimum absolute atomic E-state index is 0.669. The maximum Gasteiger partial charge on any atom is 0.227 e. The summed E-state index contributed by atoms with van der Waals surface area (Å²) < 4.78 is 6.04. The first-order valence-electron chi connectivity index (χ1n) is 9.43. The number of aromatic nitrogens is 1. The molecule has 0 spiro atoms. The lowest BCUT2D eigenvalue weighted by Gasteiger charge is -2.12. The predicted octanol–water partition coefficient (Wildman–Crippen LogP) is 6.47. The van der Waals surface area contributed by atoms with Crippen LogP contribution in [0.15, 0.2) is 40.8 Å². The number of aryl methyl sites for hydroxylation is 2. The maximum absolute atomic E-state index is 6.04. The molecule has 0 aliphatic rings. The number of hydrogen-bond acceptors (Lipinski definition) is 2. The fourth-order valence-corrected chi connectivity index (χ4v) is 3.12. The second kappa shape index (κ2) is 7.86. The molecule has 2 aromatic carbocycles. The molecule has 0 aliphatic carbocycles. The van der Waals surface area contributed by atoms with Crippen LogP contribution in [-0.4, -0.2) is 4.98 Å². The van der Waals surface area contributed by atoms with Gasteiger partial charge in [-0.3, -0.25) is 0 Å². The molecule has 0 unspecified atom stereocenters. The van der Waals surface area contributed by atoms with Crippen molar-refractivity contribution in [3.05, 3.63) is 53.6 Å². The summed E-state index contributed by atoms with van der Waals surface area (Å²) in [6.07, 6.45) is 4.55. The van der Waals surface area contributed by atoms with E-state index in [2.05, 4.69) is 45.9 Å². The highest BCUT2D eigenvalue weighted by Gasteiger charge is 2.15. The first kappa shape index (κ1) is 17.7. The van der Waals surface area contributed by atoms with Gasteiger partial charge in [0.1, 0.15) is 5.52 Å². The fourth-order valence-electron chi connectivity index (χ4n) is 3.12. The van der Waals surface area contributed by atoms with E-state index in [1.54, 1.807) is 0 Å². The van der Waals surface area contributed by atoms with Gasteiger partial charge in [0.2, 0.25) is 5.89 Å². The average Bonchev–Trinajstić information content (AvgIpc) is 3.03. The Balaban J connectivity index is 2.02. The quantitative estimate of drug-likeness (QED) is 0.495. The highest BCUT2D eigenvalue weighted by Crippen LogP contribution is 2.30. The summed E-state index contributed by atoms with van der Waals surface area (Å²) in [4.78, 5) is 4.85. The third kappa shape index (κ3) is 4.31. The van der Waals surface area contributed by atoms with Crippen LogP contribution in [0.1, 0.15) is 51.7 Å². The third-order valence-corrected chi connectivity index (χ3v) is 4.66. The number of oxazole rings is 1. The van der Waals surface area contributed by atoms with Crippen LogP contribution in [0, 0.1) is 17.9 Å². The topological polar surface area (TPSA) is 26.0 Å². The average molecular weight is 334 g/mol. The van der Waals surface area contributed by atoms with Crippen LogP contribution in [0.4, 0.5) is 0 Å². The van der Waals surface area contributed by atoms with Crippen molar-refractivity contribution in [1.82, 2.24) is 4.98 Å². The largest absolute Gasteiger partial charge is 0.436 e. The van der Waals surface area contributed by atoms with Crippen molar-refractivity contribution in [3.8, 4) is 11.5 Å². The minimum atomic E-state index is 0.669. The lowest BCUT2D eigenvalue weighted by Crippen LogP contribution is -2.01. The number of rotatable bonds is 7. The smallest absolute Gasteiger partial charge is 0.227 e. The summed E-state index contributed by atoms with van der Waals surface area (Å²) >= 11 is 0. The Morgan fingerprint density at radius 2 is 1.72 bits per heavy atom. The molecule has 0 N–H and O–H groups in total. The van der Waals surface area contributed by atoms with Gasteiger partial charge in [0.05, 0.1) is 0 Å². The van der Waals surface area contributed by atoms with E-state index in [4.69, 9.17) is 9.40 Å². The van der Waals surface area contributed by atoms with Gasteiger partial charge in [-0.1, -0.05) is 52.0 Å². The van der Waals surface area contributed by atoms with Gasteiger partial charge in [-0.15, -0.1) is 0 Å². The summed E-state index contributed by atoms with van der Waals surface area (Å²) in [6.45, 7) is 9.12. The molecule has 2 nitrogen and oxygen atoms in total. The molecule has 0 bridgehead atoms. The van der Waals surface area contributed by atoms with Crippen LogP contribution in [-0.2, 0) is 12.8 Å². The van der Waals surface area contributed by atoms with Crippen molar-refractivity contribution >= 4 is 11.1 Å². The second-order valence-electron chi connectivity index (χ2n) is 7.71. The molecule has 0 atom stereocenters. The van der Waals surface area contributed by atoms with Gasteiger partial charge < -0.3 is 4.42 Å². The lowest BCUT2D eigenvalue weighted by atomic mass is 9.93. The molecular weight excluding hydrogens is 306 g/mol. The number of nitrogens with zero attached hydrogens (tertiary/aromatic N) is 1. The Hall–Kier alpha value is -2.09. The Labute approximate surface area is 151 Å². The van der Waals surface area contributed by atoms with Crippen LogP contribution in [0.5, 0.6) is 0 Å². The van der Waals surface area contributed by atoms with Crippen LogP contribution in [0.25, 0.3) is 22.6 Å². The van der Waals surface area contributed by atoms with Gasteiger partial charge in [-0.05, 0) is 66.8 Å². The first-order valence-corrected chi connectivity index (χ1v) is 9.43. The van der Waals surface area contributed by atoms with Crippen molar-refractivity contribution < 1.29 is 4.42 Å². The normalized spacial score (nSPS) is 11.8. The molecule has 0 saturated carbocycles. The molecule has 1 radical (unpaired) electrons. The summed E-state index contributed by atoms with van der Waals surface area (Å²) in [5.74, 6) is 2.06. The summed E-state index contributed by atoms with van der Waals surface area (Å²) in [6, 6.07) is 15.4. The Bertz CT molecular complexity index is 815. The molecule has 0 amide bonds. The minimum Gasteiger partial charge on any atom is -0.436 e. The van der Waals surface area contributed by atoms with Gasteiger partial charge >= 0.3 is 0 Å². The third-order valence-electron chi connectivity index (χ3n) is 4.66. The van der Waals surface area contributed by atoms with Crippen molar-refractivity contribution in [3.63, 3.8) is 0 Å². The van der Waals surface area contributed by atoms with Gasteiger partial charge in [0.25, 0.3) is 0 Å².